The number of rotatable bonds is 10. The zero-order valence-electron chi connectivity index (χ0n) is 12.9. The van der Waals surface area contributed by atoms with Gasteiger partial charge in [0.15, 0.2) is 0 Å². The lowest BCUT2D eigenvalue weighted by molar-refractivity contribution is -0.148. The molecule has 0 N–H and O–H groups in total. The SMILES string of the molecule is CCCCC(C(=O)OC)N(CCOC)C(C)C1CC1. The molecule has 0 bridgehead atoms. The van der Waals surface area contributed by atoms with Gasteiger partial charge < -0.3 is 9.47 Å². The minimum atomic E-state index is -0.115. The molecule has 1 aliphatic rings. The highest BCUT2D eigenvalue weighted by molar-refractivity contribution is 5.75. The molecule has 0 amide bonds. The maximum Gasteiger partial charge on any atom is 0.323 e. The standard InChI is InChI=1S/C15H29NO3/c1-5-6-7-14(15(17)19-4)16(10-11-18-3)12(2)13-8-9-13/h12-14H,5-11H2,1-4H3. The molecule has 1 aliphatic carbocycles. The molecular weight excluding hydrogens is 242 g/mol. The van der Waals surface area contributed by atoms with Crippen LogP contribution in [0.5, 0.6) is 0 Å². The van der Waals surface area contributed by atoms with Crippen molar-refractivity contribution in [2.75, 3.05) is 27.4 Å². The van der Waals surface area contributed by atoms with E-state index in [-0.39, 0.29) is 12.0 Å². The molecule has 0 radical (unpaired) electrons. The number of methoxy groups -OCH3 is 2. The highest BCUT2D eigenvalue weighted by Crippen LogP contribution is 2.36. The monoisotopic (exact) mass is 271 g/mol. The van der Waals surface area contributed by atoms with E-state index >= 15 is 0 Å². The summed E-state index contributed by atoms with van der Waals surface area (Å²) in [5.74, 6) is 0.641. The van der Waals surface area contributed by atoms with Crippen LogP contribution in [0.1, 0.15) is 46.0 Å². The quantitative estimate of drug-likeness (QED) is 0.572. The molecule has 1 rings (SSSR count). The number of hydrogen-bond donors (Lipinski definition) is 0. The van der Waals surface area contributed by atoms with E-state index in [4.69, 9.17) is 9.47 Å². The molecule has 0 aromatic heterocycles. The maximum absolute atomic E-state index is 12.1. The molecule has 19 heavy (non-hydrogen) atoms. The molecule has 0 heterocycles. The van der Waals surface area contributed by atoms with Gasteiger partial charge in [-0.3, -0.25) is 9.69 Å². The summed E-state index contributed by atoms with van der Waals surface area (Å²) in [5, 5.41) is 0. The fourth-order valence-electron chi connectivity index (χ4n) is 2.64. The summed E-state index contributed by atoms with van der Waals surface area (Å²) in [6, 6.07) is 0.326. The summed E-state index contributed by atoms with van der Waals surface area (Å²) in [5.41, 5.74) is 0. The Morgan fingerprint density at radius 1 is 1.37 bits per heavy atom. The fraction of sp³-hybridized carbons (Fsp3) is 0.933. The minimum absolute atomic E-state index is 0.1000. The summed E-state index contributed by atoms with van der Waals surface area (Å²) in [6.45, 7) is 5.85. The van der Waals surface area contributed by atoms with Gasteiger partial charge in [0.1, 0.15) is 6.04 Å². The lowest BCUT2D eigenvalue weighted by Gasteiger charge is -2.35. The van der Waals surface area contributed by atoms with E-state index in [1.165, 1.54) is 20.0 Å². The first-order chi connectivity index (χ1) is 9.15. The van der Waals surface area contributed by atoms with Gasteiger partial charge in [-0.25, -0.2) is 0 Å². The molecule has 0 aliphatic heterocycles. The van der Waals surface area contributed by atoms with Crippen molar-refractivity contribution in [2.24, 2.45) is 5.92 Å². The van der Waals surface area contributed by atoms with Crippen molar-refractivity contribution >= 4 is 5.97 Å². The summed E-state index contributed by atoms with van der Waals surface area (Å²) in [6.07, 6.45) is 5.60. The van der Waals surface area contributed by atoms with Crippen LogP contribution >= 0.6 is 0 Å². The third kappa shape index (κ3) is 5.11. The van der Waals surface area contributed by atoms with Crippen LogP contribution in [0.3, 0.4) is 0 Å². The largest absolute Gasteiger partial charge is 0.468 e. The van der Waals surface area contributed by atoms with Crippen molar-refractivity contribution in [1.29, 1.82) is 0 Å². The average molecular weight is 271 g/mol. The number of esters is 1. The van der Waals surface area contributed by atoms with Crippen LogP contribution in [0.15, 0.2) is 0 Å². The van der Waals surface area contributed by atoms with Crippen molar-refractivity contribution in [3.63, 3.8) is 0 Å². The molecule has 0 aromatic rings. The van der Waals surface area contributed by atoms with Gasteiger partial charge in [0, 0.05) is 19.7 Å². The number of carbonyl (C=O) groups excluding carboxylic acids is 1. The smallest absolute Gasteiger partial charge is 0.323 e. The van der Waals surface area contributed by atoms with Crippen molar-refractivity contribution < 1.29 is 14.3 Å². The summed E-state index contributed by atoms with van der Waals surface area (Å²) < 4.78 is 10.2. The number of hydrogen-bond acceptors (Lipinski definition) is 4. The van der Waals surface area contributed by atoms with Gasteiger partial charge in [-0.2, -0.15) is 0 Å². The third-order valence-corrected chi connectivity index (χ3v) is 4.09. The van der Waals surface area contributed by atoms with Crippen LogP contribution in [-0.2, 0) is 14.3 Å². The fourth-order valence-corrected chi connectivity index (χ4v) is 2.64. The number of carbonyl (C=O) groups is 1. The van der Waals surface area contributed by atoms with Gasteiger partial charge in [-0.05, 0) is 32.1 Å². The summed E-state index contributed by atoms with van der Waals surface area (Å²) in [4.78, 5) is 14.4. The molecule has 1 saturated carbocycles. The molecule has 2 unspecified atom stereocenters. The Kier molecular flexibility index (Phi) is 7.39. The van der Waals surface area contributed by atoms with Gasteiger partial charge in [0.05, 0.1) is 13.7 Å². The lowest BCUT2D eigenvalue weighted by atomic mass is 10.0. The van der Waals surface area contributed by atoms with E-state index in [1.54, 1.807) is 7.11 Å². The molecule has 2 atom stereocenters. The Morgan fingerprint density at radius 3 is 2.53 bits per heavy atom. The van der Waals surface area contributed by atoms with Gasteiger partial charge in [0.25, 0.3) is 0 Å². The second-order valence-electron chi connectivity index (χ2n) is 5.49. The zero-order chi connectivity index (χ0) is 14.3. The van der Waals surface area contributed by atoms with Crippen LogP contribution in [0.25, 0.3) is 0 Å². The molecular formula is C15H29NO3. The number of ether oxygens (including phenoxy) is 2. The van der Waals surface area contributed by atoms with E-state index < -0.39 is 0 Å². The van der Waals surface area contributed by atoms with Gasteiger partial charge in [0.2, 0.25) is 0 Å². The first-order valence-corrected chi connectivity index (χ1v) is 7.48. The third-order valence-electron chi connectivity index (χ3n) is 4.09. The van der Waals surface area contributed by atoms with Crippen molar-refractivity contribution in [3.8, 4) is 0 Å². The molecule has 0 saturated heterocycles. The first-order valence-electron chi connectivity index (χ1n) is 7.48. The number of nitrogens with zero attached hydrogens (tertiary/aromatic N) is 1. The van der Waals surface area contributed by atoms with Gasteiger partial charge in [-0.15, -0.1) is 0 Å². The summed E-state index contributed by atoms with van der Waals surface area (Å²) >= 11 is 0. The molecule has 112 valence electrons. The zero-order valence-corrected chi connectivity index (χ0v) is 12.9. The molecule has 0 spiro atoms. The van der Waals surface area contributed by atoms with Crippen LogP contribution in [0, 0.1) is 5.92 Å². The van der Waals surface area contributed by atoms with Gasteiger partial charge in [-0.1, -0.05) is 19.8 Å². The molecule has 0 aromatic carbocycles. The molecule has 4 heteroatoms. The molecule has 1 fully saturated rings. The van der Waals surface area contributed by atoms with E-state index in [9.17, 15) is 4.79 Å². The average Bonchev–Trinajstić information content (AvgIpc) is 3.25. The van der Waals surface area contributed by atoms with Crippen molar-refractivity contribution in [3.05, 3.63) is 0 Å². The predicted octanol–water partition coefficient (Wildman–Crippen LogP) is 2.47. The second kappa shape index (κ2) is 8.54. The topological polar surface area (TPSA) is 38.8 Å². The minimum Gasteiger partial charge on any atom is -0.468 e. The molecule has 4 nitrogen and oxygen atoms in total. The lowest BCUT2D eigenvalue weighted by Crippen LogP contribution is -2.49. The number of unbranched alkanes of at least 4 members (excludes halogenated alkanes) is 1. The Hall–Kier alpha value is -0.610. The Bertz CT molecular complexity index is 266. The maximum atomic E-state index is 12.1. The highest BCUT2D eigenvalue weighted by Gasteiger charge is 2.37. The normalized spacial score (nSPS) is 18.4. The summed E-state index contributed by atoms with van der Waals surface area (Å²) in [7, 11) is 3.19. The Labute approximate surface area is 117 Å². The Balaban J connectivity index is 2.71. The van der Waals surface area contributed by atoms with Crippen LogP contribution in [-0.4, -0.2) is 50.3 Å². The van der Waals surface area contributed by atoms with Crippen LogP contribution < -0.4 is 0 Å². The van der Waals surface area contributed by atoms with Crippen molar-refractivity contribution in [2.45, 2.75) is 58.0 Å². The van der Waals surface area contributed by atoms with E-state index in [1.807, 2.05) is 0 Å². The first kappa shape index (κ1) is 16.4. The van der Waals surface area contributed by atoms with E-state index in [2.05, 4.69) is 18.7 Å². The van der Waals surface area contributed by atoms with Gasteiger partial charge >= 0.3 is 5.97 Å². The van der Waals surface area contributed by atoms with Crippen LogP contribution in [0.2, 0.25) is 0 Å². The Morgan fingerprint density at radius 2 is 2.05 bits per heavy atom. The van der Waals surface area contributed by atoms with E-state index in [0.29, 0.717) is 12.6 Å². The van der Waals surface area contributed by atoms with Crippen LogP contribution in [0.4, 0.5) is 0 Å². The van der Waals surface area contributed by atoms with E-state index in [0.717, 1.165) is 31.7 Å². The second-order valence-corrected chi connectivity index (χ2v) is 5.49. The van der Waals surface area contributed by atoms with Crippen molar-refractivity contribution in [1.82, 2.24) is 4.90 Å². The highest BCUT2D eigenvalue weighted by atomic mass is 16.5. The predicted molar refractivity (Wildman–Crippen MR) is 76.1 cm³/mol.